The van der Waals surface area contributed by atoms with Gasteiger partial charge in [0.05, 0.1) is 0 Å². The van der Waals surface area contributed by atoms with Gasteiger partial charge >= 0.3 is 0 Å². The van der Waals surface area contributed by atoms with E-state index >= 15 is 0 Å². The van der Waals surface area contributed by atoms with E-state index in [0.717, 1.165) is 24.2 Å². The summed E-state index contributed by atoms with van der Waals surface area (Å²) in [6, 6.07) is 14.4. The number of carbonyl (C=O) groups excluding carboxylic acids is 2. The molecule has 0 atom stereocenters. The van der Waals surface area contributed by atoms with Gasteiger partial charge in [-0.05, 0) is 61.4 Å². The van der Waals surface area contributed by atoms with E-state index in [-0.39, 0.29) is 11.8 Å². The van der Waals surface area contributed by atoms with Gasteiger partial charge in [-0.15, -0.1) is 0 Å². The zero-order valence-corrected chi connectivity index (χ0v) is 14.7. The molecule has 0 aliphatic heterocycles. The molecular formula is C20H24N2O3. The van der Waals surface area contributed by atoms with Crippen molar-refractivity contribution in [3.8, 4) is 11.5 Å². The number of carbonyl (C=O) groups is 2. The van der Waals surface area contributed by atoms with Crippen LogP contribution in [0, 0.1) is 0 Å². The van der Waals surface area contributed by atoms with Crippen LogP contribution in [0.3, 0.4) is 0 Å². The molecule has 5 heteroatoms. The standard InChI is InChI=1S/C20H24N2O3/c1-3-5-19(23)21-15-7-11-17(12-8-15)25-18-13-9-16(10-14-18)22-20(24)6-4-2/h7-14H,3-6H2,1-2H3,(H,21,23)(H,22,24). The molecule has 2 rings (SSSR count). The van der Waals surface area contributed by atoms with Gasteiger partial charge < -0.3 is 15.4 Å². The van der Waals surface area contributed by atoms with Crippen molar-refractivity contribution in [1.82, 2.24) is 0 Å². The van der Waals surface area contributed by atoms with Crippen LogP contribution in [0.2, 0.25) is 0 Å². The Labute approximate surface area is 148 Å². The van der Waals surface area contributed by atoms with Gasteiger partial charge in [-0.25, -0.2) is 0 Å². The molecule has 0 spiro atoms. The molecule has 0 fully saturated rings. The van der Waals surface area contributed by atoms with Crippen LogP contribution in [-0.2, 0) is 9.59 Å². The van der Waals surface area contributed by atoms with Gasteiger partial charge in [-0.3, -0.25) is 9.59 Å². The topological polar surface area (TPSA) is 67.4 Å². The Morgan fingerprint density at radius 3 is 1.40 bits per heavy atom. The first-order valence-electron chi connectivity index (χ1n) is 8.58. The molecular weight excluding hydrogens is 316 g/mol. The van der Waals surface area contributed by atoms with Crippen molar-refractivity contribution in [3.63, 3.8) is 0 Å². The number of hydrogen-bond donors (Lipinski definition) is 2. The van der Waals surface area contributed by atoms with Crippen molar-refractivity contribution in [2.45, 2.75) is 39.5 Å². The van der Waals surface area contributed by atoms with Crippen LogP contribution in [-0.4, -0.2) is 11.8 Å². The molecule has 0 heterocycles. The minimum atomic E-state index is 0.0110. The maximum atomic E-state index is 11.6. The van der Waals surface area contributed by atoms with Crippen LogP contribution in [0.25, 0.3) is 0 Å². The lowest BCUT2D eigenvalue weighted by Gasteiger charge is -2.09. The minimum absolute atomic E-state index is 0.0110. The van der Waals surface area contributed by atoms with E-state index in [1.54, 1.807) is 24.3 Å². The number of benzene rings is 2. The van der Waals surface area contributed by atoms with Gasteiger partial charge in [0.2, 0.25) is 11.8 Å². The molecule has 0 bridgehead atoms. The number of nitrogens with one attached hydrogen (secondary N) is 2. The quantitative estimate of drug-likeness (QED) is 0.714. The summed E-state index contributed by atoms with van der Waals surface area (Å²) in [5.41, 5.74) is 1.50. The third-order valence-corrected chi connectivity index (χ3v) is 3.47. The Morgan fingerprint density at radius 1 is 0.720 bits per heavy atom. The molecule has 0 saturated heterocycles. The van der Waals surface area contributed by atoms with Crippen molar-refractivity contribution in [2.24, 2.45) is 0 Å². The maximum Gasteiger partial charge on any atom is 0.224 e. The molecule has 0 aromatic heterocycles. The second-order valence-corrected chi connectivity index (χ2v) is 5.75. The summed E-state index contributed by atoms with van der Waals surface area (Å²) in [7, 11) is 0. The highest BCUT2D eigenvalue weighted by Crippen LogP contribution is 2.24. The van der Waals surface area contributed by atoms with Crippen molar-refractivity contribution in [1.29, 1.82) is 0 Å². The lowest BCUT2D eigenvalue weighted by atomic mass is 10.2. The predicted octanol–water partition coefficient (Wildman–Crippen LogP) is 4.96. The van der Waals surface area contributed by atoms with Crippen molar-refractivity contribution < 1.29 is 14.3 Å². The van der Waals surface area contributed by atoms with Gasteiger partial charge in [0, 0.05) is 24.2 Å². The fraction of sp³-hybridized carbons (Fsp3) is 0.300. The van der Waals surface area contributed by atoms with Gasteiger partial charge in [0.25, 0.3) is 0 Å². The number of hydrogen-bond acceptors (Lipinski definition) is 3. The first kappa shape index (κ1) is 18.5. The van der Waals surface area contributed by atoms with E-state index < -0.39 is 0 Å². The Morgan fingerprint density at radius 2 is 1.08 bits per heavy atom. The zero-order chi connectivity index (χ0) is 18.1. The third-order valence-electron chi connectivity index (χ3n) is 3.47. The van der Waals surface area contributed by atoms with Crippen LogP contribution >= 0.6 is 0 Å². The minimum Gasteiger partial charge on any atom is -0.457 e. The number of anilines is 2. The molecule has 2 aromatic carbocycles. The van der Waals surface area contributed by atoms with Crippen molar-refractivity contribution in [2.75, 3.05) is 10.6 Å². The lowest BCUT2D eigenvalue weighted by Crippen LogP contribution is -2.10. The maximum absolute atomic E-state index is 11.6. The monoisotopic (exact) mass is 340 g/mol. The largest absolute Gasteiger partial charge is 0.457 e. The fourth-order valence-corrected chi connectivity index (χ4v) is 2.25. The molecule has 0 aliphatic rings. The van der Waals surface area contributed by atoms with Gasteiger partial charge in [0.1, 0.15) is 11.5 Å². The van der Waals surface area contributed by atoms with Crippen LogP contribution in [0.5, 0.6) is 11.5 Å². The first-order chi connectivity index (χ1) is 12.1. The number of ether oxygens (including phenoxy) is 1. The average Bonchev–Trinajstić information content (AvgIpc) is 2.59. The Bertz CT molecular complexity index is 632. The Balaban J connectivity index is 1.91. The SMILES string of the molecule is CCCC(=O)Nc1ccc(Oc2ccc(NC(=O)CCC)cc2)cc1. The van der Waals surface area contributed by atoms with Crippen molar-refractivity contribution >= 4 is 23.2 Å². The van der Waals surface area contributed by atoms with Crippen LogP contribution < -0.4 is 15.4 Å². The summed E-state index contributed by atoms with van der Waals surface area (Å²) in [5.74, 6) is 1.38. The highest BCUT2D eigenvalue weighted by Gasteiger charge is 2.03. The average molecular weight is 340 g/mol. The molecule has 0 saturated carbocycles. The molecule has 0 aliphatic carbocycles. The third kappa shape index (κ3) is 6.30. The molecule has 25 heavy (non-hydrogen) atoms. The Hall–Kier alpha value is -2.82. The van der Waals surface area contributed by atoms with Crippen molar-refractivity contribution in [3.05, 3.63) is 48.5 Å². The molecule has 0 radical (unpaired) electrons. The molecule has 5 nitrogen and oxygen atoms in total. The summed E-state index contributed by atoms with van der Waals surface area (Å²) in [5, 5.41) is 5.67. The van der Waals surface area contributed by atoms with Crippen LogP contribution in [0.1, 0.15) is 39.5 Å². The predicted molar refractivity (Wildman–Crippen MR) is 100 cm³/mol. The number of amides is 2. The fourth-order valence-electron chi connectivity index (χ4n) is 2.25. The van der Waals surface area contributed by atoms with E-state index in [4.69, 9.17) is 4.74 Å². The van der Waals surface area contributed by atoms with E-state index in [0.29, 0.717) is 24.3 Å². The smallest absolute Gasteiger partial charge is 0.224 e. The van der Waals surface area contributed by atoms with Gasteiger partial charge in [-0.1, -0.05) is 13.8 Å². The second kappa shape index (κ2) is 9.47. The number of rotatable bonds is 8. The zero-order valence-electron chi connectivity index (χ0n) is 14.7. The normalized spacial score (nSPS) is 10.2. The van der Waals surface area contributed by atoms with E-state index in [1.807, 2.05) is 38.1 Å². The summed E-state index contributed by atoms with van der Waals surface area (Å²) in [6.07, 6.45) is 2.67. The first-order valence-corrected chi connectivity index (χ1v) is 8.58. The summed E-state index contributed by atoms with van der Waals surface area (Å²) in [6.45, 7) is 3.94. The van der Waals surface area contributed by atoms with Crippen LogP contribution in [0.15, 0.2) is 48.5 Å². The molecule has 2 N–H and O–H groups in total. The highest BCUT2D eigenvalue weighted by atomic mass is 16.5. The summed E-state index contributed by atoms with van der Waals surface area (Å²) >= 11 is 0. The summed E-state index contributed by atoms with van der Waals surface area (Å²) in [4.78, 5) is 23.1. The molecule has 132 valence electrons. The van der Waals surface area contributed by atoms with Crippen LogP contribution in [0.4, 0.5) is 11.4 Å². The Kier molecular flexibility index (Phi) is 7.01. The molecule has 2 amide bonds. The highest BCUT2D eigenvalue weighted by molar-refractivity contribution is 5.91. The van der Waals surface area contributed by atoms with Gasteiger partial charge in [-0.2, -0.15) is 0 Å². The molecule has 0 unspecified atom stereocenters. The second-order valence-electron chi connectivity index (χ2n) is 5.75. The van der Waals surface area contributed by atoms with E-state index in [2.05, 4.69) is 10.6 Å². The lowest BCUT2D eigenvalue weighted by molar-refractivity contribution is -0.117. The van der Waals surface area contributed by atoms with E-state index in [1.165, 1.54) is 0 Å². The summed E-state index contributed by atoms with van der Waals surface area (Å²) < 4.78 is 5.77. The van der Waals surface area contributed by atoms with Gasteiger partial charge in [0.15, 0.2) is 0 Å². The molecule has 2 aromatic rings. The van der Waals surface area contributed by atoms with E-state index in [9.17, 15) is 9.59 Å².